The summed E-state index contributed by atoms with van der Waals surface area (Å²) in [6.45, 7) is 2.23. The smallest absolute Gasteiger partial charge is 0.295 e. The lowest BCUT2D eigenvalue weighted by atomic mass is 9.70. The first-order valence-electron chi connectivity index (χ1n) is 5.11. The quantitative estimate of drug-likeness (QED) is 0.805. The zero-order valence-electron chi connectivity index (χ0n) is 8.85. The van der Waals surface area contributed by atoms with E-state index in [4.69, 9.17) is 11.6 Å². The van der Waals surface area contributed by atoms with Crippen molar-refractivity contribution in [1.82, 2.24) is 9.55 Å². The molecule has 0 radical (unpaired) electrons. The van der Waals surface area contributed by atoms with Gasteiger partial charge in [-0.2, -0.15) is 4.39 Å². The van der Waals surface area contributed by atoms with E-state index in [0.29, 0.717) is 0 Å². The van der Waals surface area contributed by atoms with Crippen LogP contribution in [0.25, 0.3) is 0 Å². The summed E-state index contributed by atoms with van der Waals surface area (Å²) in [6, 6.07) is 0. The first kappa shape index (κ1) is 11.4. The molecular formula is C10H12ClFN2O2. The number of aromatic amines is 1. The number of rotatable bonds is 2. The van der Waals surface area contributed by atoms with Gasteiger partial charge >= 0.3 is 5.69 Å². The maximum atomic E-state index is 13.2. The monoisotopic (exact) mass is 246 g/mol. The second kappa shape index (κ2) is 3.73. The van der Waals surface area contributed by atoms with Gasteiger partial charge in [0.05, 0.1) is 0 Å². The SMILES string of the molecule is CC1(Cn2c(=O)[nH]c(Cl)c(F)c2=O)CCC1. The fourth-order valence-electron chi connectivity index (χ4n) is 1.98. The Hall–Kier alpha value is -1.10. The maximum Gasteiger partial charge on any atom is 0.329 e. The Labute approximate surface area is 96.1 Å². The highest BCUT2D eigenvalue weighted by Crippen LogP contribution is 2.41. The highest BCUT2D eigenvalue weighted by molar-refractivity contribution is 6.29. The zero-order valence-corrected chi connectivity index (χ0v) is 9.60. The number of halogens is 2. The van der Waals surface area contributed by atoms with Crippen LogP contribution in [0.4, 0.5) is 4.39 Å². The molecular weight excluding hydrogens is 235 g/mol. The largest absolute Gasteiger partial charge is 0.329 e. The highest BCUT2D eigenvalue weighted by atomic mass is 35.5. The summed E-state index contributed by atoms with van der Waals surface area (Å²) in [5.41, 5.74) is -1.66. The van der Waals surface area contributed by atoms with E-state index in [-0.39, 0.29) is 12.0 Å². The van der Waals surface area contributed by atoms with Gasteiger partial charge in [0.1, 0.15) is 0 Å². The molecule has 0 aromatic carbocycles. The Balaban J connectivity index is 2.45. The van der Waals surface area contributed by atoms with Gasteiger partial charge < -0.3 is 0 Å². The van der Waals surface area contributed by atoms with Gasteiger partial charge in [0.2, 0.25) is 5.82 Å². The molecule has 1 saturated carbocycles. The molecule has 1 fully saturated rings. The minimum Gasteiger partial charge on any atom is -0.295 e. The van der Waals surface area contributed by atoms with Gasteiger partial charge in [0.15, 0.2) is 5.15 Å². The Morgan fingerprint density at radius 3 is 2.62 bits per heavy atom. The molecule has 4 nitrogen and oxygen atoms in total. The molecule has 0 bridgehead atoms. The van der Waals surface area contributed by atoms with Crippen molar-refractivity contribution >= 4 is 11.6 Å². The molecule has 88 valence electrons. The second-order valence-corrected chi connectivity index (χ2v) is 4.99. The van der Waals surface area contributed by atoms with Gasteiger partial charge in [-0.3, -0.25) is 14.3 Å². The third-order valence-electron chi connectivity index (χ3n) is 3.19. The normalized spacial score (nSPS) is 18.2. The number of aromatic nitrogens is 2. The van der Waals surface area contributed by atoms with Crippen LogP contribution in [0, 0.1) is 11.2 Å². The molecule has 1 aromatic rings. The molecule has 0 spiro atoms. The van der Waals surface area contributed by atoms with Crippen LogP contribution in [0.15, 0.2) is 9.59 Å². The Kier molecular flexibility index (Phi) is 2.66. The Bertz CT molecular complexity index is 531. The summed E-state index contributed by atoms with van der Waals surface area (Å²) in [6.07, 6.45) is 2.98. The number of H-pyrrole nitrogens is 1. The molecule has 1 aliphatic carbocycles. The number of hydrogen-bond donors (Lipinski definition) is 1. The van der Waals surface area contributed by atoms with Gasteiger partial charge in [-0.1, -0.05) is 24.9 Å². The fraction of sp³-hybridized carbons (Fsp3) is 0.600. The molecule has 0 amide bonds. The molecule has 0 aliphatic heterocycles. The van der Waals surface area contributed by atoms with Crippen LogP contribution in [0.5, 0.6) is 0 Å². The van der Waals surface area contributed by atoms with E-state index in [9.17, 15) is 14.0 Å². The lowest BCUT2D eigenvalue weighted by Gasteiger charge is -2.38. The van der Waals surface area contributed by atoms with Crippen LogP contribution in [0.3, 0.4) is 0 Å². The topological polar surface area (TPSA) is 54.9 Å². The maximum absolute atomic E-state index is 13.2. The molecule has 1 N–H and O–H groups in total. The Morgan fingerprint density at radius 1 is 1.50 bits per heavy atom. The van der Waals surface area contributed by atoms with E-state index in [1.54, 1.807) is 0 Å². The minimum absolute atomic E-state index is 0.0723. The number of hydrogen-bond acceptors (Lipinski definition) is 2. The minimum atomic E-state index is -1.09. The van der Waals surface area contributed by atoms with Crippen molar-refractivity contribution in [3.05, 3.63) is 31.8 Å². The predicted molar refractivity (Wildman–Crippen MR) is 58.2 cm³/mol. The van der Waals surface area contributed by atoms with Crippen molar-refractivity contribution in [2.24, 2.45) is 5.41 Å². The third-order valence-corrected chi connectivity index (χ3v) is 3.45. The number of nitrogens with one attached hydrogen (secondary N) is 1. The van der Waals surface area contributed by atoms with Crippen molar-refractivity contribution in [3.63, 3.8) is 0 Å². The van der Waals surface area contributed by atoms with Crippen LogP contribution in [0.2, 0.25) is 5.15 Å². The van der Waals surface area contributed by atoms with E-state index in [1.165, 1.54) is 0 Å². The summed E-state index contributed by atoms with van der Waals surface area (Å²) >= 11 is 5.37. The van der Waals surface area contributed by atoms with Gasteiger partial charge in [-0.15, -0.1) is 0 Å². The van der Waals surface area contributed by atoms with E-state index in [1.807, 2.05) is 6.92 Å². The lowest BCUT2D eigenvalue weighted by molar-refractivity contribution is 0.127. The van der Waals surface area contributed by atoms with Gasteiger partial charge in [0.25, 0.3) is 5.56 Å². The number of nitrogens with zero attached hydrogens (tertiary/aromatic N) is 1. The molecule has 6 heteroatoms. The van der Waals surface area contributed by atoms with E-state index in [0.717, 1.165) is 23.8 Å². The average Bonchev–Trinajstić information content (AvgIpc) is 2.19. The average molecular weight is 247 g/mol. The molecule has 1 aromatic heterocycles. The van der Waals surface area contributed by atoms with Gasteiger partial charge in [-0.05, 0) is 18.3 Å². The standard InChI is InChI=1S/C10H12ClFN2O2/c1-10(3-2-4-10)5-14-8(15)6(12)7(11)13-9(14)16/h2-5H2,1H3,(H,13,16). The zero-order chi connectivity index (χ0) is 11.9. The highest BCUT2D eigenvalue weighted by Gasteiger charge is 2.33. The summed E-state index contributed by atoms with van der Waals surface area (Å²) in [5.74, 6) is -1.09. The van der Waals surface area contributed by atoms with Crippen molar-refractivity contribution in [2.75, 3.05) is 0 Å². The van der Waals surface area contributed by atoms with Crippen LogP contribution in [-0.4, -0.2) is 9.55 Å². The van der Waals surface area contributed by atoms with Crippen molar-refractivity contribution in [1.29, 1.82) is 0 Å². The van der Waals surface area contributed by atoms with E-state index in [2.05, 4.69) is 4.98 Å². The van der Waals surface area contributed by atoms with Gasteiger partial charge in [0, 0.05) is 6.54 Å². The van der Waals surface area contributed by atoms with Gasteiger partial charge in [-0.25, -0.2) is 4.79 Å². The second-order valence-electron chi connectivity index (χ2n) is 4.61. The van der Waals surface area contributed by atoms with Crippen LogP contribution in [-0.2, 0) is 6.54 Å². The molecule has 0 atom stereocenters. The summed E-state index contributed by atoms with van der Waals surface area (Å²) in [5, 5.41) is -0.523. The van der Waals surface area contributed by atoms with Crippen molar-refractivity contribution in [2.45, 2.75) is 32.7 Å². The summed E-state index contributed by atoms with van der Waals surface area (Å²) < 4.78 is 14.1. The van der Waals surface area contributed by atoms with Crippen LogP contribution >= 0.6 is 11.6 Å². The van der Waals surface area contributed by atoms with E-state index < -0.39 is 22.2 Å². The van der Waals surface area contributed by atoms with Crippen molar-refractivity contribution in [3.8, 4) is 0 Å². The summed E-state index contributed by atoms with van der Waals surface area (Å²) in [4.78, 5) is 25.1. The summed E-state index contributed by atoms with van der Waals surface area (Å²) in [7, 11) is 0. The Morgan fingerprint density at radius 2 is 2.12 bits per heavy atom. The van der Waals surface area contributed by atoms with Crippen molar-refractivity contribution < 1.29 is 4.39 Å². The fourth-order valence-corrected chi connectivity index (χ4v) is 2.15. The van der Waals surface area contributed by atoms with Crippen LogP contribution in [0.1, 0.15) is 26.2 Å². The predicted octanol–water partition coefficient (Wildman–Crippen LogP) is 1.52. The molecule has 0 unspecified atom stereocenters. The molecule has 16 heavy (non-hydrogen) atoms. The third kappa shape index (κ3) is 1.80. The molecule has 2 rings (SSSR count). The van der Waals surface area contributed by atoms with Crippen LogP contribution < -0.4 is 11.2 Å². The molecule has 0 saturated heterocycles. The molecule has 1 aliphatic rings. The molecule has 1 heterocycles. The first-order valence-corrected chi connectivity index (χ1v) is 5.49. The van der Waals surface area contributed by atoms with E-state index >= 15 is 0 Å². The lowest BCUT2D eigenvalue weighted by Crippen LogP contribution is -2.43. The first-order chi connectivity index (χ1) is 7.43.